The molecule has 0 spiro atoms. The van der Waals surface area contributed by atoms with Gasteiger partial charge in [-0.25, -0.2) is 10.2 Å². The first-order valence-corrected chi connectivity index (χ1v) is 5.10. The molecule has 74 valence electrons. The number of hydrazine groups is 1. The maximum atomic E-state index is 10.1. The molecule has 1 amide bonds. The van der Waals surface area contributed by atoms with Crippen molar-refractivity contribution in [3.8, 4) is 11.8 Å². The molecule has 0 rings (SSSR count). The molecule has 0 saturated carbocycles. The topological polar surface area (TPSA) is 61.4 Å². The number of carbonyl (C=O) groups is 1. The highest BCUT2D eigenvalue weighted by Crippen LogP contribution is 2.10. The Morgan fingerprint density at radius 2 is 2.31 bits per heavy atom. The van der Waals surface area contributed by atoms with Gasteiger partial charge in [-0.1, -0.05) is 35.4 Å². The third-order valence-corrected chi connectivity index (χ3v) is 2.27. The number of rotatable bonds is 4. The summed E-state index contributed by atoms with van der Waals surface area (Å²) in [5.74, 6) is 5.98. The van der Waals surface area contributed by atoms with E-state index in [1.165, 1.54) is 0 Å². The van der Waals surface area contributed by atoms with Gasteiger partial charge in [-0.3, -0.25) is 5.43 Å². The summed E-state index contributed by atoms with van der Waals surface area (Å²) >= 11 is 2.27. The molecule has 13 heavy (non-hydrogen) atoms. The third-order valence-electron chi connectivity index (χ3n) is 1.40. The second-order valence-corrected chi connectivity index (χ2v) is 4.45. The van der Waals surface area contributed by atoms with E-state index in [1.807, 2.05) is 6.92 Å². The number of halogens is 1. The number of hydrogen-bond donors (Lipinski definition) is 3. The van der Waals surface area contributed by atoms with Crippen LogP contribution in [0.1, 0.15) is 13.8 Å². The highest BCUT2D eigenvalue weighted by Gasteiger charge is 2.11. The number of amides is 1. The molecule has 5 heteroatoms. The van der Waals surface area contributed by atoms with E-state index in [0.29, 0.717) is 10.5 Å². The number of carboxylic acid groups (broad SMARTS) is 1. The zero-order chi connectivity index (χ0) is 10.3. The van der Waals surface area contributed by atoms with Gasteiger partial charge >= 0.3 is 6.09 Å². The smallest absolute Gasteiger partial charge is 0.419 e. The zero-order valence-corrected chi connectivity index (χ0v) is 9.75. The summed E-state index contributed by atoms with van der Waals surface area (Å²) in [5.41, 5.74) is 4.68. The lowest BCUT2D eigenvalue weighted by atomic mass is 10.1. The molecule has 0 aromatic rings. The molecule has 0 fully saturated rings. The third kappa shape index (κ3) is 6.66. The summed E-state index contributed by atoms with van der Waals surface area (Å²) in [5, 5.41) is 8.28. The van der Waals surface area contributed by atoms with Crippen LogP contribution in [-0.4, -0.2) is 21.7 Å². The molecule has 0 aliphatic heterocycles. The summed E-state index contributed by atoms with van der Waals surface area (Å²) in [6.07, 6.45) is -1.08. The van der Waals surface area contributed by atoms with Gasteiger partial charge in [-0.2, -0.15) is 0 Å². The molecule has 2 unspecified atom stereocenters. The van der Waals surface area contributed by atoms with Crippen LogP contribution >= 0.6 is 22.6 Å². The Morgan fingerprint density at radius 1 is 1.69 bits per heavy atom. The Hall–Kier alpha value is -0.480. The molecule has 0 heterocycles. The van der Waals surface area contributed by atoms with Crippen molar-refractivity contribution >= 4 is 28.7 Å². The molecule has 3 N–H and O–H groups in total. The van der Waals surface area contributed by atoms with E-state index in [2.05, 4.69) is 45.3 Å². The van der Waals surface area contributed by atoms with E-state index in [9.17, 15) is 4.79 Å². The van der Waals surface area contributed by atoms with Gasteiger partial charge in [0, 0.05) is 16.4 Å². The van der Waals surface area contributed by atoms with Gasteiger partial charge in [0.1, 0.15) is 0 Å². The average Bonchev–Trinajstić information content (AvgIpc) is 2.02. The molecule has 0 aliphatic rings. The van der Waals surface area contributed by atoms with Crippen LogP contribution in [0.3, 0.4) is 0 Å². The molecule has 0 aromatic heterocycles. The van der Waals surface area contributed by atoms with Crippen molar-refractivity contribution in [3.05, 3.63) is 0 Å². The Balaban J connectivity index is 3.81. The van der Waals surface area contributed by atoms with Crippen LogP contribution in [-0.2, 0) is 0 Å². The van der Waals surface area contributed by atoms with Crippen molar-refractivity contribution in [2.75, 3.05) is 6.54 Å². The Kier molecular flexibility index (Phi) is 6.72. The number of nitrogens with one attached hydrogen (secondary N) is 2. The Morgan fingerprint density at radius 3 is 2.69 bits per heavy atom. The monoisotopic (exact) mass is 296 g/mol. The van der Waals surface area contributed by atoms with Gasteiger partial charge in [0.25, 0.3) is 0 Å². The molecular weight excluding hydrogens is 283 g/mol. The van der Waals surface area contributed by atoms with Gasteiger partial charge in [-0.05, 0) is 6.92 Å². The molecule has 0 aliphatic carbocycles. The lowest BCUT2D eigenvalue weighted by molar-refractivity contribution is 0.188. The van der Waals surface area contributed by atoms with Crippen molar-refractivity contribution in [1.29, 1.82) is 0 Å². The van der Waals surface area contributed by atoms with Gasteiger partial charge < -0.3 is 5.11 Å². The van der Waals surface area contributed by atoms with Crippen LogP contribution in [0.25, 0.3) is 0 Å². The van der Waals surface area contributed by atoms with E-state index in [1.54, 1.807) is 6.92 Å². The summed E-state index contributed by atoms with van der Waals surface area (Å²) in [6, 6.07) is 0. The van der Waals surface area contributed by atoms with Crippen molar-refractivity contribution in [2.45, 2.75) is 17.8 Å². The minimum absolute atomic E-state index is 0.164. The largest absolute Gasteiger partial charge is 0.464 e. The predicted octanol–water partition coefficient (Wildman–Crippen LogP) is 1.22. The van der Waals surface area contributed by atoms with E-state index < -0.39 is 6.09 Å². The molecule has 0 aromatic carbocycles. The molecule has 0 saturated heterocycles. The van der Waals surface area contributed by atoms with Gasteiger partial charge in [0.15, 0.2) is 0 Å². The molecule has 4 nitrogen and oxygen atoms in total. The van der Waals surface area contributed by atoms with Crippen LogP contribution in [0.5, 0.6) is 0 Å². The summed E-state index contributed by atoms with van der Waals surface area (Å²) < 4.78 is 0.383. The van der Waals surface area contributed by atoms with Gasteiger partial charge in [0.2, 0.25) is 0 Å². The molecule has 0 radical (unpaired) electrons. The van der Waals surface area contributed by atoms with E-state index in [4.69, 9.17) is 5.11 Å². The second-order valence-electron chi connectivity index (χ2n) is 2.49. The first kappa shape index (κ1) is 12.5. The first-order chi connectivity index (χ1) is 6.07. The van der Waals surface area contributed by atoms with Crippen LogP contribution in [0.15, 0.2) is 0 Å². The molecule has 2 atom stereocenters. The summed E-state index contributed by atoms with van der Waals surface area (Å²) in [6.45, 7) is 4.34. The lowest BCUT2D eigenvalue weighted by Gasteiger charge is -2.13. The fraction of sp³-hybridized carbons (Fsp3) is 0.625. The second kappa shape index (κ2) is 6.97. The minimum Gasteiger partial charge on any atom is -0.464 e. The van der Waals surface area contributed by atoms with Crippen LogP contribution in [0.2, 0.25) is 0 Å². The van der Waals surface area contributed by atoms with Gasteiger partial charge in [0.05, 0.1) is 0 Å². The predicted molar refractivity (Wildman–Crippen MR) is 59.6 cm³/mol. The van der Waals surface area contributed by atoms with E-state index in [-0.39, 0.29) is 5.92 Å². The molecular formula is C8H13IN2O2. The maximum absolute atomic E-state index is 10.1. The van der Waals surface area contributed by atoms with Crippen molar-refractivity contribution < 1.29 is 9.90 Å². The highest BCUT2D eigenvalue weighted by atomic mass is 127. The Labute approximate surface area is 91.6 Å². The van der Waals surface area contributed by atoms with Crippen LogP contribution < -0.4 is 10.9 Å². The normalized spacial score (nSPS) is 13.8. The Bertz CT molecular complexity index is 220. The maximum Gasteiger partial charge on any atom is 0.419 e. The summed E-state index contributed by atoms with van der Waals surface area (Å²) in [7, 11) is 0. The zero-order valence-electron chi connectivity index (χ0n) is 7.60. The SMILES string of the molecule is CC#CC(CNNC(=O)O)C(C)I. The van der Waals surface area contributed by atoms with Crippen molar-refractivity contribution in [2.24, 2.45) is 5.92 Å². The lowest BCUT2D eigenvalue weighted by Crippen LogP contribution is -2.40. The standard InChI is InChI=1S/C8H13IN2O2/c1-3-4-7(6(2)9)5-10-11-8(12)13/h6-7,10-11H,5H2,1-2H3,(H,12,13). The van der Waals surface area contributed by atoms with Gasteiger partial charge in [-0.15, -0.1) is 5.92 Å². The number of hydrogen-bond acceptors (Lipinski definition) is 2. The van der Waals surface area contributed by atoms with E-state index in [0.717, 1.165) is 0 Å². The summed E-state index contributed by atoms with van der Waals surface area (Å²) in [4.78, 5) is 10.1. The number of alkyl halides is 1. The minimum atomic E-state index is -1.08. The quantitative estimate of drug-likeness (QED) is 0.316. The highest BCUT2D eigenvalue weighted by molar-refractivity contribution is 14.1. The van der Waals surface area contributed by atoms with Crippen LogP contribution in [0.4, 0.5) is 4.79 Å². The average molecular weight is 296 g/mol. The van der Waals surface area contributed by atoms with E-state index >= 15 is 0 Å². The van der Waals surface area contributed by atoms with Crippen molar-refractivity contribution in [1.82, 2.24) is 10.9 Å². The fourth-order valence-corrected chi connectivity index (χ4v) is 1.18. The fourth-order valence-electron chi connectivity index (χ4n) is 0.750. The van der Waals surface area contributed by atoms with Crippen LogP contribution in [0, 0.1) is 17.8 Å². The van der Waals surface area contributed by atoms with Crippen molar-refractivity contribution in [3.63, 3.8) is 0 Å². The molecule has 0 bridgehead atoms. The first-order valence-electron chi connectivity index (χ1n) is 3.86.